The van der Waals surface area contributed by atoms with Crippen LogP contribution in [0.5, 0.6) is 11.5 Å². The van der Waals surface area contributed by atoms with E-state index in [9.17, 15) is 13.2 Å². The maximum Gasteiger partial charge on any atom is 0.261 e. The van der Waals surface area contributed by atoms with Crippen molar-refractivity contribution in [1.29, 1.82) is 0 Å². The number of carbonyl (C=O) groups excluding carboxylic acids is 1. The lowest BCUT2D eigenvalue weighted by atomic mass is 10.1. The van der Waals surface area contributed by atoms with Gasteiger partial charge in [-0.25, -0.2) is 8.42 Å². The first-order valence-electron chi connectivity index (χ1n) is 9.28. The summed E-state index contributed by atoms with van der Waals surface area (Å²) in [6, 6.07) is 18.4. The average molecular weight is 424 g/mol. The second-order valence-corrected chi connectivity index (χ2v) is 8.50. The summed E-state index contributed by atoms with van der Waals surface area (Å²) in [5, 5.41) is 2.84. The number of hydrogen-bond donors (Lipinski definition) is 2. The fourth-order valence-electron chi connectivity index (χ4n) is 3.01. The molecular formula is C22H20N2O5S. The largest absolute Gasteiger partial charge is 0.454 e. The van der Waals surface area contributed by atoms with Crippen molar-refractivity contribution in [3.05, 3.63) is 83.4 Å². The third-order valence-electron chi connectivity index (χ3n) is 4.69. The molecule has 3 aromatic carbocycles. The zero-order chi connectivity index (χ0) is 21.1. The lowest BCUT2D eigenvalue weighted by molar-refractivity contribution is 0.0951. The van der Waals surface area contributed by atoms with E-state index in [1.54, 1.807) is 43.3 Å². The first-order valence-corrected chi connectivity index (χ1v) is 10.8. The summed E-state index contributed by atoms with van der Waals surface area (Å²) in [5.74, 6) is 1.02. The van der Waals surface area contributed by atoms with Gasteiger partial charge in [-0.2, -0.15) is 0 Å². The van der Waals surface area contributed by atoms with E-state index in [-0.39, 0.29) is 17.6 Å². The molecule has 7 nitrogen and oxygen atoms in total. The molecule has 0 aromatic heterocycles. The molecule has 1 amide bonds. The third-order valence-corrected chi connectivity index (χ3v) is 6.07. The number of rotatable bonds is 6. The minimum absolute atomic E-state index is 0.155. The lowest BCUT2D eigenvalue weighted by Crippen LogP contribution is -2.23. The number of amides is 1. The van der Waals surface area contributed by atoms with Crippen LogP contribution in [-0.2, 0) is 16.6 Å². The number of nitrogens with one attached hydrogen (secondary N) is 2. The van der Waals surface area contributed by atoms with Crippen LogP contribution in [0.4, 0.5) is 5.69 Å². The van der Waals surface area contributed by atoms with Crippen LogP contribution in [-0.4, -0.2) is 21.1 Å². The molecule has 8 heteroatoms. The van der Waals surface area contributed by atoms with Crippen LogP contribution in [0.2, 0.25) is 0 Å². The SMILES string of the molecule is Cc1ccc(C(=O)NCc2ccc3c(c2)OCO3)cc1NS(=O)(=O)c1ccccc1. The normalized spacial score (nSPS) is 12.4. The summed E-state index contributed by atoms with van der Waals surface area (Å²) >= 11 is 0. The molecule has 154 valence electrons. The van der Waals surface area contributed by atoms with Crippen LogP contribution in [0.1, 0.15) is 21.5 Å². The Hall–Kier alpha value is -3.52. The number of aryl methyl sites for hydroxylation is 1. The molecule has 1 aliphatic heterocycles. The van der Waals surface area contributed by atoms with Gasteiger partial charge in [0.1, 0.15) is 0 Å². The van der Waals surface area contributed by atoms with Gasteiger partial charge in [-0.3, -0.25) is 9.52 Å². The van der Waals surface area contributed by atoms with Crippen molar-refractivity contribution >= 4 is 21.6 Å². The van der Waals surface area contributed by atoms with Gasteiger partial charge >= 0.3 is 0 Å². The number of sulfonamides is 1. The Balaban J connectivity index is 1.48. The highest BCUT2D eigenvalue weighted by Gasteiger charge is 2.17. The fraction of sp³-hybridized carbons (Fsp3) is 0.136. The highest BCUT2D eigenvalue weighted by molar-refractivity contribution is 7.92. The second-order valence-electron chi connectivity index (χ2n) is 6.82. The van der Waals surface area contributed by atoms with Gasteiger partial charge in [-0.1, -0.05) is 30.3 Å². The Labute approximate surface area is 174 Å². The molecule has 4 rings (SSSR count). The second kappa shape index (κ2) is 8.08. The number of fused-ring (bicyclic) bond motifs is 1. The summed E-state index contributed by atoms with van der Waals surface area (Å²) in [5.41, 5.74) is 2.29. The Bertz CT molecular complexity index is 1190. The zero-order valence-corrected chi connectivity index (χ0v) is 17.0. The van der Waals surface area contributed by atoms with E-state index < -0.39 is 10.0 Å². The molecule has 1 aliphatic rings. The molecule has 0 bridgehead atoms. The molecule has 0 saturated carbocycles. The van der Waals surface area contributed by atoms with E-state index in [1.807, 2.05) is 12.1 Å². The van der Waals surface area contributed by atoms with E-state index in [0.29, 0.717) is 34.9 Å². The predicted molar refractivity (Wildman–Crippen MR) is 112 cm³/mol. The third kappa shape index (κ3) is 4.23. The van der Waals surface area contributed by atoms with Crippen molar-refractivity contribution in [2.45, 2.75) is 18.4 Å². The topological polar surface area (TPSA) is 93.7 Å². The van der Waals surface area contributed by atoms with E-state index in [1.165, 1.54) is 18.2 Å². The first-order chi connectivity index (χ1) is 14.4. The van der Waals surface area contributed by atoms with Gasteiger partial charge in [0.05, 0.1) is 10.6 Å². The molecule has 30 heavy (non-hydrogen) atoms. The van der Waals surface area contributed by atoms with Gasteiger partial charge < -0.3 is 14.8 Å². The molecule has 3 aromatic rings. The fourth-order valence-corrected chi connectivity index (χ4v) is 4.15. The summed E-state index contributed by atoms with van der Waals surface area (Å²) in [7, 11) is -3.75. The summed E-state index contributed by atoms with van der Waals surface area (Å²) in [6.07, 6.45) is 0. The van der Waals surface area contributed by atoms with Crippen LogP contribution in [0.25, 0.3) is 0 Å². The van der Waals surface area contributed by atoms with Crippen molar-refractivity contribution in [3.8, 4) is 11.5 Å². The standard InChI is InChI=1S/C22H20N2O5S/c1-15-7-9-17(12-19(15)24-30(26,27)18-5-3-2-4-6-18)22(25)23-13-16-8-10-20-21(11-16)29-14-28-20/h2-12,24H,13-14H2,1H3,(H,23,25). The summed E-state index contributed by atoms with van der Waals surface area (Å²) in [4.78, 5) is 12.8. The molecule has 1 heterocycles. The number of ether oxygens (including phenoxy) is 2. The molecule has 0 fully saturated rings. The highest BCUT2D eigenvalue weighted by Crippen LogP contribution is 2.32. The van der Waals surface area contributed by atoms with Crippen LogP contribution >= 0.6 is 0 Å². The molecule has 0 unspecified atom stereocenters. The monoisotopic (exact) mass is 424 g/mol. The maximum atomic E-state index is 12.6. The minimum atomic E-state index is -3.75. The van der Waals surface area contributed by atoms with Crippen molar-refractivity contribution in [3.63, 3.8) is 0 Å². The predicted octanol–water partition coefficient (Wildman–Crippen LogP) is 3.45. The minimum Gasteiger partial charge on any atom is -0.454 e. The van der Waals surface area contributed by atoms with E-state index in [4.69, 9.17) is 9.47 Å². The van der Waals surface area contributed by atoms with Crippen molar-refractivity contribution in [2.24, 2.45) is 0 Å². The Kier molecular flexibility index (Phi) is 5.33. The van der Waals surface area contributed by atoms with Crippen LogP contribution < -0.4 is 19.5 Å². The number of benzene rings is 3. The molecule has 0 atom stereocenters. The molecule has 0 radical (unpaired) electrons. The van der Waals surface area contributed by atoms with Crippen LogP contribution in [0.3, 0.4) is 0 Å². The van der Waals surface area contributed by atoms with Crippen molar-refractivity contribution in [2.75, 3.05) is 11.5 Å². The van der Waals surface area contributed by atoms with E-state index in [0.717, 1.165) is 5.56 Å². The molecule has 0 spiro atoms. The van der Waals surface area contributed by atoms with Crippen molar-refractivity contribution in [1.82, 2.24) is 5.32 Å². The van der Waals surface area contributed by atoms with Gasteiger partial charge in [0.25, 0.3) is 15.9 Å². The Morgan fingerprint density at radius 1 is 0.967 bits per heavy atom. The van der Waals surface area contributed by atoms with Gasteiger partial charge in [-0.15, -0.1) is 0 Å². The molecule has 0 saturated heterocycles. The van der Waals surface area contributed by atoms with Gasteiger partial charge in [0.2, 0.25) is 6.79 Å². The first kappa shape index (κ1) is 19.8. The molecular weight excluding hydrogens is 404 g/mol. The molecule has 2 N–H and O–H groups in total. The molecule has 0 aliphatic carbocycles. The lowest BCUT2D eigenvalue weighted by Gasteiger charge is -2.13. The van der Waals surface area contributed by atoms with Crippen LogP contribution in [0, 0.1) is 6.92 Å². The number of carbonyl (C=O) groups is 1. The number of anilines is 1. The summed E-state index contributed by atoms with van der Waals surface area (Å²) < 4.78 is 38.4. The quantitative estimate of drug-likeness (QED) is 0.632. The smallest absolute Gasteiger partial charge is 0.261 e. The van der Waals surface area contributed by atoms with Crippen molar-refractivity contribution < 1.29 is 22.7 Å². The average Bonchev–Trinajstić information content (AvgIpc) is 3.22. The van der Waals surface area contributed by atoms with Gasteiger partial charge in [-0.05, 0) is 54.4 Å². The van der Waals surface area contributed by atoms with Gasteiger partial charge in [0.15, 0.2) is 11.5 Å². The van der Waals surface area contributed by atoms with E-state index in [2.05, 4.69) is 10.0 Å². The van der Waals surface area contributed by atoms with E-state index >= 15 is 0 Å². The zero-order valence-electron chi connectivity index (χ0n) is 16.2. The Morgan fingerprint density at radius 3 is 2.53 bits per heavy atom. The highest BCUT2D eigenvalue weighted by atomic mass is 32.2. The van der Waals surface area contributed by atoms with Crippen LogP contribution in [0.15, 0.2) is 71.6 Å². The number of hydrogen-bond acceptors (Lipinski definition) is 5. The van der Waals surface area contributed by atoms with Gasteiger partial charge in [0, 0.05) is 12.1 Å². The maximum absolute atomic E-state index is 12.6. The Morgan fingerprint density at radius 2 is 1.73 bits per heavy atom. The summed E-state index contributed by atoms with van der Waals surface area (Å²) in [6.45, 7) is 2.27.